The summed E-state index contributed by atoms with van der Waals surface area (Å²) < 4.78 is 0. The van der Waals surface area contributed by atoms with Gasteiger partial charge in [-0.3, -0.25) is 0 Å². The molecule has 1 saturated heterocycles. The summed E-state index contributed by atoms with van der Waals surface area (Å²) in [6.07, 6.45) is 0.815. The van der Waals surface area contributed by atoms with Crippen molar-refractivity contribution in [2.75, 3.05) is 6.54 Å². The number of carbonyl (C=O) groups is 1. The summed E-state index contributed by atoms with van der Waals surface area (Å²) in [5.74, 6) is 0. The van der Waals surface area contributed by atoms with Gasteiger partial charge in [0.05, 0.1) is 6.04 Å². The van der Waals surface area contributed by atoms with Gasteiger partial charge in [-0.1, -0.05) is 65.3 Å². The van der Waals surface area contributed by atoms with E-state index in [-0.39, 0.29) is 23.5 Å². The lowest BCUT2D eigenvalue weighted by Gasteiger charge is -2.29. The standard InChI is InChI=1S/C21H24Cl2N2OS/c1-4-24-19(10-15-8-6-5-7-9-15)20(25(14(2)3)21(24)26)27-18-12-16(22)11-17(23)13-18/h5-9,11-14,19-20H,4,10H2,1-3H3. The van der Waals surface area contributed by atoms with Crippen molar-refractivity contribution in [2.24, 2.45) is 0 Å². The van der Waals surface area contributed by atoms with E-state index in [2.05, 4.69) is 26.0 Å². The number of likely N-dealkylation sites (N-methyl/N-ethyl adjacent to an activating group) is 1. The van der Waals surface area contributed by atoms with Crippen molar-refractivity contribution < 1.29 is 4.79 Å². The SMILES string of the molecule is CCN1C(=O)N(C(C)C)C(Sc2cc(Cl)cc(Cl)c2)C1Cc1ccccc1. The lowest BCUT2D eigenvalue weighted by atomic mass is 10.1. The van der Waals surface area contributed by atoms with Crippen LogP contribution in [0.4, 0.5) is 4.79 Å². The molecule has 3 rings (SSSR count). The number of hydrogen-bond acceptors (Lipinski definition) is 2. The fourth-order valence-electron chi connectivity index (χ4n) is 3.56. The maximum absolute atomic E-state index is 13.1. The first-order valence-electron chi connectivity index (χ1n) is 9.16. The van der Waals surface area contributed by atoms with Crippen LogP contribution in [0.1, 0.15) is 26.3 Å². The minimum Gasteiger partial charge on any atom is -0.319 e. The molecule has 0 aliphatic carbocycles. The van der Waals surface area contributed by atoms with E-state index in [0.717, 1.165) is 11.3 Å². The van der Waals surface area contributed by atoms with Crippen molar-refractivity contribution in [1.82, 2.24) is 9.80 Å². The van der Waals surface area contributed by atoms with Gasteiger partial charge in [-0.15, -0.1) is 0 Å². The average molecular weight is 423 g/mol. The molecule has 144 valence electrons. The van der Waals surface area contributed by atoms with Crippen molar-refractivity contribution in [3.63, 3.8) is 0 Å². The van der Waals surface area contributed by atoms with Crippen LogP contribution in [0.25, 0.3) is 0 Å². The molecule has 2 aromatic carbocycles. The van der Waals surface area contributed by atoms with Gasteiger partial charge in [-0.05, 0) is 51.0 Å². The van der Waals surface area contributed by atoms with Crippen LogP contribution in [0, 0.1) is 0 Å². The second-order valence-electron chi connectivity index (χ2n) is 6.94. The normalized spacial score (nSPS) is 20.0. The molecule has 0 bridgehead atoms. The maximum Gasteiger partial charge on any atom is 0.321 e. The van der Waals surface area contributed by atoms with E-state index in [4.69, 9.17) is 23.2 Å². The summed E-state index contributed by atoms with van der Waals surface area (Å²) in [5, 5.41) is 1.21. The van der Waals surface area contributed by atoms with Crippen LogP contribution < -0.4 is 0 Å². The van der Waals surface area contributed by atoms with Crippen molar-refractivity contribution in [2.45, 2.75) is 49.5 Å². The van der Waals surface area contributed by atoms with E-state index in [9.17, 15) is 4.79 Å². The van der Waals surface area contributed by atoms with Gasteiger partial charge in [0, 0.05) is 27.5 Å². The zero-order valence-corrected chi connectivity index (χ0v) is 18.1. The summed E-state index contributed by atoms with van der Waals surface area (Å²) in [4.78, 5) is 18.0. The van der Waals surface area contributed by atoms with E-state index in [1.807, 2.05) is 47.1 Å². The van der Waals surface area contributed by atoms with Crippen LogP contribution in [0.3, 0.4) is 0 Å². The number of urea groups is 1. The van der Waals surface area contributed by atoms with Gasteiger partial charge in [0.15, 0.2) is 0 Å². The molecule has 0 saturated carbocycles. The summed E-state index contributed by atoms with van der Waals surface area (Å²) in [6, 6.07) is 16.2. The highest BCUT2D eigenvalue weighted by atomic mass is 35.5. The van der Waals surface area contributed by atoms with Crippen molar-refractivity contribution in [1.29, 1.82) is 0 Å². The molecule has 2 atom stereocenters. The Kier molecular flexibility index (Phi) is 6.61. The minimum atomic E-state index is -0.00723. The van der Waals surface area contributed by atoms with Crippen molar-refractivity contribution in [3.8, 4) is 0 Å². The predicted octanol–water partition coefficient (Wildman–Crippen LogP) is 6.19. The van der Waals surface area contributed by atoms with Crippen LogP contribution in [0.15, 0.2) is 53.4 Å². The second kappa shape index (κ2) is 8.76. The Morgan fingerprint density at radius 3 is 2.26 bits per heavy atom. The molecule has 1 fully saturated rings. The third kappa shape index (κ3) is 4.56. The van der Waals surface area contributed by atoms with Gasteiger partial charge in [-0.2, -0.15) is 0 Å². The minimum absolute atomic E-state index is 0.00723. The Labute approximate surface area is 175 Å². The van der Waals surface area contributed by atoms with E-state index in [1.54, 1.807) is 17.8 Å². The van der Waals surface area contributed by atoms with Gasteiger partial charge >= 0.3 is 6.03 Å². The summed E-state index contributed by atoms with van der Waals surface area (Å²) in [7, 11) is 0. The van der Waals surface area contributed by atoms with Crippen LogP contribution >= 0.6 is 35.0 Å². The van der Waals surface area contributed by atoms with E-state index < -0.39 is 0 Å². The largest absolute Gasteiger partial charge is 0.321 e. The van der Waals surface area contributed by atoms with Gasteiger partial charge in [-0.25, -0.2) is 4.79 Å². The maximum atomic E-state index is 13.1. The lowest BCUT2D eigenvalue weighted by Crippen LogP contribution is -2.39. The number of rotatable bonds is 6. The number of hydrogen-bond donors (Lipinski definition) is 0. The molecule has 1 heterocycles. The Morgan fingerprint density at radius 2 is 1.70 bits per heavy atom. The molecule has 6 heteroatoms. The molecule has 0 aromatic heterocycles. The fourth-order valence-corrected chi connectivity index (χ4v) is 5.73. The molecule has 27 heavy (non-hydrogen) atoms. The molecule has 2 aromatic rings. The van der Waals surface area contributed by atoms with Gasteiger partial charge in [0.25, 0.3) is 0 Å². The number of benzene rings is 2. The van der Waals surface area contributed by atoms with Crippen LogP contribution in [-0.4, -0.2) is 39.8 Å². The molecular weight excluding hydrogens is 399 g/mol. The second-order valence-corrected chi connectivity index (χ2v) is 9.00. The first-order valence-corrected chi connectivity index (χ1v) is 10.8. The summed E-state index contributed by atoms with van der Waals surface area (Å²) >= 11 is 14.1. The van der Waals surface area contributed by atoms with Gasteiger partial charge in [0.1, 0.15) is 5.37 Å². The smallest absolute Gasteiger partial charge is 0.319 e. The molecule has 0 N–H and O–H groups in total. The Bertz CT molecular complexity index is 780. The number of halogens is 2. The number of nitrogens with zero attached hydrogens (tertiary/aromatic N) is 2. The zero-order chi connectivity index (χ0) is 19.6. The summed E-state index contributed by atoms with van der Waals surface area (Å²) in [5.41, 5.74) is 1.23. The molecule has 0 radical (unpaired) electrons. The van der Waals surface area contributed by atoms with E-state index >= 15 is 0 Å². The number of carbonyl (C=O) groups excluding carboxylic acids is 1. The van der Waals surface area contributed by atoms with Crippen LogP contribution in [0.2, 0.25) is 10.0 Å². The molecule has 3 nitrogen and oxygen atoms in total. The number of amides is 2. The molecule has 1 aliphatic rings. The van der Waals surface area contributed by atoms with Gasteiger partial charge < -0.3 is 9.80 Å². The monoisotopic (exact) mass is 422 g/mol. The highest BCUT2D eigenvalue weighted by Gasteiger charge is 2.46. The molecule has 2 unspecified atom stereocenters. The Balaban J connectivity index is 1.96. The fraction of sp³-hybridized carbons (Fsp3) is 0.381. The molecule has 0 spiro atoms. The molecule has 1 aliphatic heterocycles. The lowest BCUT2D eigenvalue weighted by molar-refractivity contribution is 0.180. The third-order valence-corrected chi connectivity index (χ3v) is 6.47. The predicted molar refractivity (Wildman–Crippen MR) is 115 cm³/mol. The van der Waals surface area contributed by atoms with Gasteiger partial charge in [0.2, 0.25) is 0 Å². The van der Waals surface area contributed by atoms with Crippen LogP contribution in [-0.2, 0) is 6.42 Å². The van der Waals surface area contributed by atoms with E-state index in [1.165, 1.54) is 5.56 Å². The molecule has 2 amide bonds. The Hall–Kier alpha value is -1.36. The summed E-state index contributed by atoms with van der Waals surface area (Å²) in [6.45, 7) is 6.86. The highest BCUT2D eigenvalue weighted by molar-refractivity contribution is 8.00. The third-order valence-electron chi connectivity index (χ3n) is 4.75. The highest BCUT2D eigenvalue weighted by Crippen LogP contribution is 2.39. The Morgan fingerprint density at radius 1 is 1.07 bits per heavy atom. The van der Waals surface area contributed by atoms with Crippen LogP contribution in [0.5, 0.6) is 0 Å². The van der Waals surface area contributed by atoms with E-state index in [0.29, 0.717) is 16.6 Å². The number of thioether (sulfide) groups is 1. The van der Waals surface area contributed by atoms with Crippen molar-refractivity contribution >= 4 is 41.0 Å². The topological polar surface area (TPSA) is 23.6 Å². The molecular formula is C21H24Cl2N2OS. The first-order chi connectivity index (χ1) is 12.9. The average Bonchev–Trinajstić information content (AvgIpc) is 2.86. The first kappa shape index (κ1) is 20.4. The quantitative estimate of drug-likeness (QED) is 0.553. The zero-order valence-electron chi connectivity index (χ0n) is 15.7. The van der Waals surface area contributed by atoms with Crippen molar-refractivity contribution in [3.05, 3.63) is 64.1 Å².